The summed E-state index contributed by atoms with van der Waals surface area (Å²) in [5, 5.41) is 9.34. The average Bonchev–Trinajstić information content (AvgIpc) is 3.89. The first kappa shape index (κ1) is 37.3. The Kier molecular flexibility index (Phi) is 9.87. The van der Waals surface area contributed by atoms with Crippen molar-refractivity contribution >= 4 is 29.9 Å². The molecule has 0 aromatic carbocycles. The molecule has 3 aliphatic heterocycles. The molecule has 10 heteroatoms. The number of aromatic nitrogens is 2. The number of likely N-dealkylation sites (N-methyl/N-ethyl adjacent to an activating group) is 1. The lowest BCUT2D eigenvalue weighted by atomic mass is 9.61. The van der Waals surface area contributed by atoms with Crippen molar-refractivity contribution in [1.82, 2.24) is 25.5 Å². The fourth-order valence-corrected chi connectivity index (χ4v) is 10.9. The van der Waals surface area contributed by atoms with Crippen molar-refractivity contribution in [3.05, 3.63) is 58.5 Å². The maximum absolute atomic E-state index is 14.7. The number of nitrogens with one attached hydrogen (secondary N) is 4. The van der Waals surface area contributed by atoms with Crippen LogP contribution in [0.1, 0.15) is 97.5 Å². The molecule has 2 aromatic heterocycles. The second kappa shape index (κ2) is 13.5. The van der Waals surface area contributed by atoms with Crippen molar-refractivity contribution in [2.45, 2.75) is 115 Å². The zero-order valence-electron chi connectivity index (χ0n) is 32.0. The van der Waals surface area contributed by atoms with E-state index in [1.807, 2.05) is 19.1 Å². The largest absolute Gasteiger partial charge is 0.467 e. The first-order chi connectivity index (χ1) is 24.2. The zero-order valence-corrected chi connectivity index (χ0v) is 32.0. The van der Waals surface area contributed by atoms with E-state index in [1.54, 1.807) is 6.08 Å². The number of ether oxygens (including phenoxy) is 2. The van der Waals surface area contributed by atoms with Crippen molar-refractivity contribution in [2.75, 3.05) is 33.4 Å². The predicted octanol–water partition coefficient (Wildman–Crippen LogP) is 3.63. The lowest BCUT2D eigenvalue weighted by Crippen LogP contribution is -2.64. The first-order valence-corrected chi connectivity index (χ1v) is 19.0. The highest BCUT2D eigenvalue weighted by molar-refractivity contribution is 6.17. The van der Waals surface area contributed by atoms with Crippen LogP contribution in [0.2, 0.25) is 0 Å². The third-order valence-electron chi connectivity index (χ3n) is 13.7. The summed E-state index contributed by atoms with van der Waals surface area (Å²) in [7, 11) is 1.32. The van der Waals surface area contributed by atoms with Crippen LogP contribution >= 0.6 is 0 Å². The van der Waals surface area contributed by atoms with Crippen molar-refractivity contribution in [3.63, 3.8) is 0 Å². The predicted molar refractivity (Wildman–Crippen MR) is 199 cm³/mol. The summed E-state index contributed by atoms with van der Waals surface area (Å²) in [4.78, 5) is 51.5. The molecule has 1 aliphatic carbocycles. The number of aryl methyl sites for hydroxylation is 1. The summed E-state index contributed by atoms with van der Waals surface area (Å²) >= 11 is 0. The maximum atomic E-state index is 14.7. The highest BCUT2D eigenvalue weighted by Crippen LogP contribution is 2.59. The summed E-state index contributed by atoms with van der Waals surface area (Å²) in [6.07, 6.45) is 9.62. The average molecular weight is 702 g/mol. The molecule has 8 unspecified atom stereocenters. The molecule has 4 aliphatic rings. The van der Waals surface area contributed by atoms with Crippen LogP contribution in [0.3, 0.4) is 0 Å². The van der Waals surface area contributed by atoms with Gasteiger partial charge in [-0.2, -0.15) is 0 Å². The van der Waals surface area contributed by atoms with Gasteiger partial charge in [-0.25, -0.2) is 4.79 Å². The molecule has 0 spiro atoms. The molecule has 2 aromatic rings. The zero-order chi connectivity index (χ0) is 37.0. The minimum atomic E-state index is -1.76. The normalized spacial score (nSPS) is 36.7. The van der Waals surface area contributed by atoms with Crippen LogP contribution in [0.4, 0.5) is 0 Å². The number of aromatic amines is 2. The van der Waals surface area contributed by atoms with E-state index in [4.69, 9.17) is 9.47 Å². The number of carbonyl (C=O) groups is 3. The number of methoxy groups -OCH3 is 1. The van der Waals surface area contributed by atoms with Gasteiger partial charge in [0.05, 0.1) is 12.6 Å². The molecular formula is C41H59N5O5. The van der Waals surface area contributed by atoms with Crippen LogP contribution in [0.5, 0.6) is 0 Å². The number of nitrogens with zero attached hydrogens (tertiary/aromatic N) is 1. The van der Waals surface area contributed by atoms with Gasteiger partial charge in [0, 0.05) is 57.5 Å². The van der Waals surface area contributed by atoms with Gasteiger partial charge in [-0.15, -0.1) is 6.58 Å². The monoisotopic (exact) mass is 701 g/mol. The lowest BCUT2D eigenvalue weighted by molar-refractivity contribution is -0.148. The van der Waals surface area contributed by atoms with Crippen molar-refractivity contribution in [2.24, 2.45) is 17.8 Å². The number of hydrogen-bond acceptors (Lipinski definition) is 8. The van der Waals surface area contributed by atoms with Crippen molar-refractivity contribution < 1.29 is 23.9 Å². The number of rotatable bonds is 11. The van der Waals surface area contributed by atoms with Crippen LogP contribution in [-0.4, -0.2) is 88.1 Å². The Balaban J connectivity index is 1.51. The Bertz CT molecular complexity index is 1810. The Labute approximate surface area is 302 Å². The fourth-order valence-electron chi connectivity index (χ4n) is 10.9. The third-order valence-corrected chi connectivity index (χ3v) is 13.7. The Morgan fingerprint density at radius 3 is 2.47 bits per heavy atom. The van der Waals surface area contributed by atoms with E-state index in [1.165, 1.54) is 18.4 Å². The molecule has 0 saturated carbocycles. The summed E-state index contributed by atoms with van der Waals surface area (Å²) < 4.78 is 11.1. The summed E-state index contributed by atoms with van der Waals surface area (Å²) in [6, 6.07) is 6.08. The van der Waals surface area contributed by atoms with E-state index in [2.05, 4.69) is 91.8 Å². The minimum absolute atomic E-state index is 0.100. The minimum Gasteiger partial charge on any atom is -0.467 e. The SMILES string of the molecule is C=CC12NC(C)(CC3(CCC(=O)OCCN(CC)CC)NC(C(=O)OC)(/C=c4/cc/c([nH]4)=C/c4cc5c([nH]4)C1(C)CC5)C(=O)C3C)C(CC)C2C. The summed E-state index contributed by atoms with van der Waals surface area (Å²) in [5.41, 5.74) is -0.414. The van der Waals surface area contributed by atoms with Gasteiger partial charge in [0.2, 0.25) is 0 Å². The van der Waals surface area contributed by atoms with Crippen molar-refractivity contribution in [3.8, 4) is 0 Å². The molecule has 0 radical (unpaired) electrons. The van der Waals surface area contributed by atoms with Gasteiger partial charge in [-0.3, -0.25) is 14.9 Å². The highest BCUT2D eigenvalue weighted by atomic mass is 16.5. The Morgan fingerprint density at radius 1 is 1.08 bits per heavy atom. The third kappa shape index (κ3) is 5.76. The first-order valence-electron chi connectivity index (χ1n) is 19.0. The Hall–Kier alpha value is -3.47. The molecule has 10 nitrogen and oxygen atoms in total. The quantitative estimate of drug-likeness (QED) is 0.159. The van der Waals surface area contributed by atoms with E-state index in [-0.39, 0.29) is 35.4 Å². The second-order valence-electron chi connectivity index (χ2n) is 16.1. The van der Waals surface area contributed by atoms with Gasteiger partial charge in [0.25, 0.3) is 0 Å². The number of fused-ring (bicyclic) bond motifs is 8. The number of H-pyrrole nitrogens is 2. The fraction of sp³-hybridized carbons (Fsp3) is 0.634. The van der Waals surface area contributed by atoms with Gasteiger partial charge in [0.15, 0.2) is 11.3 Å². The van der Waals surface area contributed by atoms with Gasteiger partial charge in [-0.05, 0) is 93.4 Å². The molecule has 51 heavy (non-hydrogen) atoms. The number of Topliss-reactive ketones (excluding diaryl/α,β-unsaturated/α-hetero) is 1. The molecule has 4 N–H and O–H groups in total. The van der Waals surface area contributed by atoms with E-state index in [0.29, 0.717) is 31.3 Å². The molecule has 0 amide bonds. The van der Waals surface area contributed by atoms with Gasteiger partial charge >= 0.3 is 11.9 Å². The van der Waals surface area contributed by atoms with Crippen LogP contribution < -0.4 is 21.3 Å². The van der Waals surface area contributed by atoms with Gasteiger partial charge in [0.1, 0.15) is 6.61 Å². The molecule has 8 bridgehead atoms. The molecule has 5 heterocycles. The molecule has 2 fully saturated rings. The smallest absolute Gasteiger partial charge is 0.338 e. The van der Waals surface area contributed by atoms with E-state index < -0.39 is 34.0 Å². The summed E-state index contributed by atoms with van der Waals surface area (Å²) in [5.74, 6) is -1.50. The Morgan fingerprint density at radius 2 is 1.80 bits per heavy atom. The number of ketones is 1. The van der Waals surface area contributed by atoms with Crippen LogP contribution in [0.15, 0.2) is 30.9 Å². The molecule has 2 saturated heterocycles. The second-order valence-corrected chi connectivity index (χ2v) is 16.1. The number of carbonyl (C=O) groups excluding carboxylic acids is 3. The molecular weight excluding hydrogens is 642 g/mol. The highest BCUT2D eigenvalue weighted by Gasteiger charge is 2.68. The number of esters is 2. The molecule has 6 rings (SSSR count). The summed E-state index contributed by atoms with van der Waals surface area (Å²) in [6.45, 7) is 22.5. The molecule has 8 atom stereocenters. The van der Waals surface area contributed by atoms with E-state index in [0.717, 1.165) is 43.4 Å². The van der Waals surface area contributed by atoms with Crippen LogP contribution in [0, 0.1) is 17.8 Å². The maximum Gasteiger partial charge on any atom is 0.338 e. The molecule has 278 valence electrons. The van der Waals surface area contributed by atoms with Crippen LogP contribution in [-0.2, 0) is 35.7 Å². The van der Waals surface area contributed by atoms with Crippen LogP contribution in [0.25, 0.3) is 12.2 Å². The number of hydrogen-bond donors (Lipinski definition) is 4. The van der Waals surface area contributed by atoms with E-state index >= 15 is 0 Å². The lowest BCUT2D eigenvalue weighted by Gasteiger charge is -2.48. The standard InChI is InChI=1S/C41H59N5O5/c1-10-32-26(5)41(11-2)37(7)18-16-28-22-31(43-34(28)37)23-29-14-15-30(42-29)24-40(36(49)50-9)35(48)27(6)39(45-40,25-38(32,8)44-41)19-17-33(47)51-21-20-46(12-3)13-4/h11,14-15,22-24,26-27,32,42-45H,2,10,12-13,16-21,25H2,1,3-9H3/b29-23-,30-24-. The van der Waals surface area contributed by atoms with Crippen molar-refractivity contribution in [1.29, 1.82) is 0 Å². The van der Waals surface area contributed by atoms with E-state index in [9.17, 15) is 14.4 Å². The van der Waals surface area contributed by atoms with Gasteiger partial charge < -0.3 is 29.7 Å². The van der Waals surface area contributed by atoms with Gasteiger partial charge in [-0.1, -0.05) is 54.0 Å². The topological polar surface area (TPSA) is 129 Å².